The highest BCUT2D eigenvalue weighted by Crippen LogP contribution is 2.22. The summed E-state index contributed by atoms with van der Waals surface area (Å²) < 4.78 is 39.5. The minimum atomic E-state index is -4.79. The molecule has 4 N–H and O–H groups in total. The van der Waals surface area contributed by atoms with Crippen LogP contribution < -0.4 is 15.8 Å². The second-order valence-corrected chi connectivity index (χ2v) is 3.79. The van der Waals surface area contributed by atoms with Gasteiger partial charge in [-0.15, -0.1) is 13.2 Å². The van der Waals surface area contributed by atoms with E-state index in [-0.39, 0.29) is 11.4 Å². The highest BCUT2D eigenvalue weighted by Gasteiger charge is 2.31. The summed E-state index contributed by atoms with van der Waals surface area (Å²) in [5, 5.41) is 13.5. The zero-order valence-electron chi connectivity index (χ0n) is 10.3. The Morgan fingerprint density at radius 1 is 1.40 bits per heavy atom. The van der Waals surface area contributed by atoms with E-state index >= 15 is 0 Å². The van der Waals surface area contributed by atoms with E-state index in [1.54, 1.807) is 0 Å². The van der Waals surface area contributed by atoms with Gasteiger partial charge < -0.3 is 21.0 Å². The smallest absolute Gasteiger partial charge is 0.409 e. The molecule has 0 spiro atoms. The third-order valence-electron chi connectivity index (χ3n) is 2.26. The molecule has 1 unspecified atom stereocenters. The number of alkyl halides is 3. The van der Waals surface area contributed by atoms with Crippen molar-refractivity contribution in [1.29, 1.82) is 0 Å². The number of hydrogen-bond acceptors (Lipinski definition) is 4. The number of carbonyl (C=O) groups is 1. The molecule has 0 saturated carbocycles. The molecule has 0 aromatic heterocycles. The number of amides is 1. The van der Waals surface area contributed by atoms with E-state index in [9.17, 15) is 18.0 Å². The van der Waals surface area contributed by atoms with Crippen LogP contribution in [-0.2, 0) is 0 Å². The van der Waals surface area contributed by atoms with Crippen LogP contribution in [0.25, 0.3) is 0 Å². The fraction of sp³-hybridized carbons (Fsp3) is 0.273. The van der Waals surface area contributed by atoms with Crippen LogP contribution in [0.2, 0.25) is 0 Å². The van der Waals surface area contributed by atoms with Crippen LogP contribution >= 0.6 is 0 Å². The molecule has 20 heavy (non-hydrogen) atoms. The quantitative estimate of drug-likeness (QED) is 0.338. The Hall–Kier alpha value is -2.45. The zero-order chi connectivity index (χ0) is 15.3. The molecule has 1 amide bonds. The van der Waals surface area contributed by atoms with Crippen molar-refractivity contribution in [3.05, 3.63) is 29.8 Å². The Bertz CT molecular complexity index is 500. The predicted molar refractivity (Wildman–Crippen MR) is 63.5 cm³/mol. The van der Waals surface area contributed by atoms with E-state index in [0.29, 0.717) is 0 Å². The van der Waals surface area contributed by atoms with Crippen molar-refractivity contribution in [2.24, 2.45) is 10.9 Å². The van der Waals surface area contributed by atoms with Crippen LogP contribution in [-0.4, -0.2) is 29.4 Å². The fourth-order valence-electron chi connectivity index (χ4n) is 1.25. The topological polar surface area (TPSA) is 96.9 Å². The molecule has 1 aromatic carbocycles. The molecule has 0 radical (unpaired) electrons. The molecule has 1 rings (SSSR count). The number of benzene rings is 1. The molecule has 0 fully saturated rings. The van der Waals surface area contributed by atoms with E-state index in [1.807, 2.05) is 0 Å². The molecule has 9 heteroatoms. The van der Waals surface area contributed by atoms with Gasteiger partial charge in [-0.05, 0) is 31.2 Å². The maximum absolute atomic E-state index is 11.9. The lowest BCUT2D eigenvalue weighted by atomic mass is 10.2. The normalized spacial score (nSPS) is 13.7. The molecule has 110 valence electrons. The largest absolute Gasteiger partial charge is 0.573 e. The van der Waals surface area contributed by atoms with Crippen molar-refractivity contribution < 1.29 is 27.9 Å². The number of nitrogens with one attached hydrogen (secondary N) is 1. The van der Waals surface area contributed by atoms with Crippen molar-refractivity contribution in [2.45, 2.75) is 19.3 Å². The first-order chi connectivity index (χ1) is 9.23. The van der Waals surface area contributed by atoms with E-state index in [4.69, 9.17) is 10.9 Å². The molecule has 1 aromatic rings. The maximum atomic E-state index is 11.9. The number of nitrogens with zero attached hydrogens (tertiary/aromatic N) is 1. The Labute approximate surface area is 112 Å². The number of rotatable bonds is 4. The van der Waals surface area contributed by atoms with Gasteiger partial charge in [0, 0.05) is 5.56 Å². The number of carbonyl (C=O) groups excluding carboxylic acids is 1. The molecule has 0 heterocycles. The lowest BCUT2D eigenvalue weighted by Gasteiger charge is -2.13. The molecule has 0 aliphatic rings. The van der Waals surface area contributed by atoms with Crippen LogP contribution in [0, 0.1) is 0 Å². The number of amidine groups is 1. The minimum Gasteiger partial charge on any atom is -0.409 e. The molecule has 1 atom stereocenters. The van der Waals surface area contributed by atoms with Crippen molar-refractivity contribution in [3.8, 4) is 5.75 Å². The van der Waals surface area contributed by atoms with Crippen molar-refractivity contribution in [1.82, 2.24) is 5.32 Å². The fourth-order valence-corrected chi connectivity index (χ4v) is 1.25. The van der Waals surface area contributed by atoms with E-state index in [1.165, 1.54) is 6.92 Å². The molecule has 0 saturated heterocycles. The summed E-state index contributed by atoms with van der Waals surface area (Å²) >= 11 is 0. The summed E-state index contributed by atoms with van der Waals surface area (Å²) in [6, 6.07) is 3.62. The second-order valence-electron chi connectivity index (χ2n) is 3.79. The van der Waals surface area contributed by atoms with Gasteiger partial charge in [-0.1, -0.05) is 5.16 Å². The van der Waals surface area contributed by atoms with Gasteiger partial charge in [-0.2, -0.15) is 0 Å². The maximum Gasteiger partial charge on any atom is 0.573 e. The number of oxime groups is 1. The summed E-state index contributed by atoms with van der Waals surface area (Å²) in [6.07, 6.45) is -4.79. The van der Waals surface area contributed by atoms with Gasteiger partial charge in [0.05, 0.1) is 6.04 Å². The van der Waals surface area contributed by atoms with Gasteiger partial charge in [-0.25, -0.2) is 0 Å². The molecular weight excluding hydrogens is 279 g/mol. The molecule has 0 aliphatic heterocycles. The van der Waals surface area contributed by atoms with Crippen LogP contribution in [0.5, 0.6) is 5.75 Å². The lowest BCUT2D eigenvalue weighted by Crippen LogP contribution is -2.42. The number of hydrogen-bond donors (Lipinski definition) is 3. The van der Waals surface area contributed by atoms with Crippen LogP contribution in [0.4, 0.5) is 13.2 Å². The monoisotopic (exact) mass is 291 g/mol. The molecule has 6 nitrogen and oxygen atoms in total. The van der Waals surface area contributed by atoms with Gasteiger partial charge in [0.25, 0.3) is 5.91 Å². The van der Waals surface area contributed by atoms with Crippen molar-refractivity contribution in [2.75, 3.05) is 0 Å². The average molecular weight is 291 g/mol. The number of ether oxygens (including phenoxy) is 1. The number of nitrogens with two attached hydrogens (primary N) is 1. The molecule has 0 bridgehead atoms. The van der Waals surface area contributed by atoms with Crippen LogP contribution in [0.3, 0.4) is 0 Å². The SMILES string of the molecule is CC(NC(=O)c1ccc(OC(F)(F)F)cc1)/C(N)=N/O. The van der Waals surface area contributed by atoms with E-state index < -0.39 is 24.1 Å². The van der Waals surface area contributed by atoms with E-state index in [0.717, 1.165) is 24.3 Å². The Kier molecular flexibility index (Phi) is 4.78. The Balaban J connectivity index is 2.71. The Morgan fingerprint density at radius 2 is 1.95 bits per heavy atom. The summed E-state index contributed by atoms with van der Waals surface area (Å²) in [6.45, 7) is 1.48. The summed E-state index contributed by atoms with van der Waals surface area (Å²) in [7, 11) is 0. The first-order valence-corrected chi connectivity index (χ1v) is 5.37. The van der Waals surface area contributed by atoms with Crippen molar-refractivity contribution >= 4 is 11.7 Å². The van der Waals surface area contributed by atoms with Crippen LogP contribution in [0.1, 0.15) is 17.3 Å². The average Bonchev–Trinajstić information content (AvgIpc) is 2.36. The standard InChI is InChI=1S/C11H12F3N3O3/c1-6(9(15)17-19)16-10(18)7-2-4-8(5-3-7)20-11(12,13)14/h2-6,19H,1H3,(H2,15,17)(H,16,18). The summed E-state index contributed by atoms with van der Waals surface area (Å²) in [4.78, 5) is 11.7. The summed E-state index contributed by atoms with van der Waals surface area (Å²) in [5.74, 6) is -1.21. The number of halogens is 3. The molecule has 0 aliphatic carbocycles. The lowest BCUT2D eigenvalue weighted by molar-refractivity contribution is -0.274. The van der Waals surface area contributed by atoms with Gasteiger partial charge in [0.2, 0.25) is 0 Å². The second kappa shape index (κ2) is 6.13. The van der Waals surface area contributed by atoms with Gasteiger partial charge in [0.15, 0.2) is 5.84 Å². The van der Waals surface area contributed by atoms with Gasteiger partial charge in [-0.3, -0.25) is 4.79 Å². The third-order valence-corrected chi connectivity index (χ3v) is 2.26. The highest BCUT2D eigenvalue weighted by molar-refractivity contribution is 5.98. The van der Waals surface area contributed by atoms with E-state index in [2.05, 4.69) is 15.2 Å². The highest BCUT2D eigenvalue weighted by atomic mass is 19.4. The van der Waals surface area contributed by atoms with Crippen molar-refractivity contribution in [3.63, 3.8) is 0 Å². The Morgan fingerprint density at radius 3 is 2.40 bits per heavy atom. The minimum absolute atomic E-state index is 0.108. The first-order valence-electron chi connectivity index (χ1n) is 5.37. The summed E-state index contributed by atoms with van der Waals surface area (Å²) in [5.41, 5.74) is 5.39. The zero-order valence-corrected chi connectivity index (χ0v) is 10.3. The third kappa shape index (κ3) is 4.67. The van der Waals surface area contributed by atoms with Gasteiger partial charge in [0.1, 0.15) is 5.75 Å². The van der Waals surface area contributed by atoms with Gasteiger partial charge >= 0.3 is 6.36 Å². The van der Waals surface area contributed by atoms with Crippen LogP contribution in [0.15, 0.2) is 29.4 Å². The molecular formula is C11H12F3N3O3. The first kappa shape index (κ1) is 15.6. The predicted octanol–water partition coefficient (Wildman–Crippen LogP) is 1.45.